The molecule has 0 fully saturated rings. The van der Waals surface area contributed by atoms with E-state index in [4.69, 9.17) is 4.74 Å². The fourth-order valence-electron chi connectivity index (χ4n) is 1.42. The quantitative estimate of drug-likeness (QED) is 0.660. The van der Waals surface area contributed by atoms with E-state index in [-0.39, 0.29) is 0 Å². The topological polar surface area (TPSA) is 41.5 Å². The zero-order valence-electron chi connectivity index (χ0n) is 9.86. The average Bonchev–Trinajstić information content (AvgIpc) is 2.34. The van der Waals surface area contributed by atoms with E-state index in [2.05, 4.69) is 12.2 Å². The highest BCUT2D eigenvalue weighted by Crippen LogP contribution is 2.09. The SMILES string of the molecule is CCCOCCNCC(O)c1ccccc1. The first-order valence-corrected chi connectivity index (χ1v) is 5.86. The van der Waals surface area contributed by atoms with Crippen molar-refractivity contribution in [3.63, 3.8) is 0 Å². The maximum absolute atomic E-state index is 9.82. The van der Waals surface area contributed by atoms with Crippen LogP contribution in [0.2, 0.25) is 0 Å². The average molecular weight is 223 g/mol. The molecule has 1 rings (SSSR count). The minimum atomic E-state index is -0.438. The van der Waals surface area contributed by atoms with Gasteiger partial charge in [0, 0.05) is 19.7 Å². The molecule has 16 heavy (non-hydrogen) atoms. The monoisotopic (exact) mass is 223 g/mol. The van der Waals surface area contributed by atoms with Crippen molar-refractivity contribution in [2.75, 3.05) is 26.3 Å². The van der Waals surface area contributed by atoms with Crippen molar-refractivity contribution in [1.82, 2.24) is 5.32 Å². The van der Waals surface area contributed by atoms with E-state index in [9.17, 15) is 5.11 Å². The van der Waals surface area contributed by atoms with Crippen LogP contribution in [0.15, 0.2) is 30.3 Å². The molecule has 1 unspecified atom stereocenters. The van der Waals surface area contributed by atoms with Gasteiger partial charge >= 0.3 is 0 Å². The van der Waals surface area contributed by atoms with E-state index in [1.165, 1.54) is 0 Å². The number of hydrogen-bond donors (Lipinski definition) is 2. The van der Waals surface area contributed by atoms with Gasteiger partial charge in [0.25, 0.3) is 0 Å². The fourth-order valence-corrected chi connectivity index (χ4v) is 1.42. The van der Waals surface area contributed by atoms with Gasteiger partial charge in [0.1, 0.15) is 0 Å². The van der Waals surface area contributed by atoms with Crippen molar-refractivity contribution in [3.8, 4) is 0 Å². The zero-order chi connectivity index (χ0) is 11.6. The fraction of sp³-hybridized carbons (Fsp3) is 0.538. The predicted octanol–water partition coefficient (Wildman–Crippen LogP) is 1.74. The van der Waals surface area contributed by atoms with Crippen LogP contribution in [0.25, 0.3) is 0 Å². The highest BCUT2D eigenvalue weighted by Gasteiger charge is 2.04. The summed E-state index contributed by atoms with van der Waals surface area (Å²) in [6, 6.07) is 9.67. The molecule has 0 heterocycles. The second kappa shape index (κ2) is 8.28. The van der Waals surface area contributed by atoms with E-state index >= 15 is 0 Å². The zero-order valence-corrected chi connectivity index (χ0v) is 9.86. The number of ether oxygens (including phenoxy) is 1. The lowest BCUT2D eigenvalue weighted by Gasteiger charge is -2.12. The number of aliphatic hydroxyl groups excluding tert-OH is 1. The van der Waals surface area contributed by atoms with E-state index < -0.39 is 6.10 Å². The molecule has 0 aliphatic rings. The summed E-state index contributed by atoms with van der Waals surface area (Å²) in [7, 11) is 0. The molecule has 0 bridgehead atoms. The molecule has 0 aromatic heterocycles. The van der Waals surface area contributed by atoms with Gasteiger partial charge in [0.05, 0.1) is 12.7 Å². The molecule has 0 spiro atoms. The van der Waals surface area contributed by atoms with Gasteiger partial charge in [-0.15, -0.1) is 0 Å². The van der Waals surface area contributed by atoms with Crippen molar-refractivity contribution < 1.29 is 9.84 Å². The Labute approximate surface area is 97.4 Å². The number of aliphatic hydroxyl groups is 1. The summed E-state index contributed by atoms with van der Waals surface area (Å²) < 4.78 is 5.33. The molecule has 0 radical (unpaired) electrons. The third-order valence-corrected chi connectivity index (χ3v) is 2.29. The molecule has 3 nitrogen and oxygen atoms in total. The van der Waals surface area contributed by atoms with Gasteiger partial charge in [-0.3, -0.25) is 0 Å². The van der Waals surface area contributed by atoms with Crippen LogP contribution in [-0.2, 0) is 4.74 Å². The molecule has 1 aromatic carbocycles. The van der Waals surface area contributed by atoms with E-state index in [1.807, 2.05) is 30.3 Å². The van der Waals surface area contributed by atoms with Crippen LogP contribution in [0.3, 0.4) is 0 Å². The molecule has 0 aliphatic heterocycles. The van der Waals surface area contributed by atoms with Crippen LogP contribution in [-0.4, -0.2) is 31.4 Å². The Kier molecular flexibility index (Phi) is 6.81. The predicted molar refractivity (Wildman–Crippen MR) is 65.4 cm³/mol. The Hall–Kier alpha value is -0.900. The molecule has 0 amide bonds. The summed E-state index contributed by atoms with van der Waals surface area (Å²) in [5, 5.41) is 13.0. The summed E-state index contributed by atoms with van der Waals surface area (Å²) in [5.74, 6) is 0. The first-order valence-electron chi connectivity index (χ1n) is 5.86. The second-order valence-corrected chi connectivity index (χ2v) is 3.74. The van der Waals surface area contributed by atoms with Crippen LogP contribution >= 0.6 is 0 Å². The summed E-state index contributed by atoms with van der Waals surface area (Å²) in [4.78, 5) is 0. The Balaban J connectivity index is 2.09. The van der Waals surface area contributed by atoms with Crippen LogP contribution in [0.1, 0.15) is 25.0 Å². The van der Waals surface area contributed by atoms with Crippen LogP contribution in [0, 0.1) is 0 Å². The number of nitrogens with one attached hydrogen (secondary N) is 1. The first kappa shape index (κ1) is 13.2. The highest BCUT2D eigenvalue weighted by atomic mass is 16.5. The minimum absolute atomic E-state index is 0.438. The molecule has 0 aliphatic carbocycles. The van der Waals surface area contributed by atoms with Crippen LogP contribution in [0.5, 0.6) is 0 Å². The molecule has 3 heteroatoms. The molecule has 0 saturated heterocycles. The van der Waals surface area contributed by atoms with Gasteiger partial charge in [0.2, 0.25) is 0 Å². The van der Waals surface area contributed by atoms with Gasteiger partial charge in [-0.2, -0.15) is 0 Å². The summed E-state index contributed by atoms with van der Waals surface area (Å²) in [5.41, 5.74) is 0.949. The minimum Gasteiger partial charge on any atom is -0.387 e. The maximum atomic E-state index is 9.82. The Morgan fingerprint density at radius 2 is 2.00 bits per heavy atom. The first-order chi connectivity index (χ1) is 7.84. The third-order valence-electron chi connectivity index (χ3n) is 2.29. The number of rotatable bonds is 8. The maximum Gasteiger partial charge on any atom is 0.0914 e. The van der Waals surface area contributed by atoms with Gasteiger partial charge < -0.3 is 15.2 Å². The lowest BCUT2D eigenvalue weighted by Crippen LogP contribution is -2.25. The van der Waals surface area contributed by atoms with Crippen molar-refractivity contribution in [2.24, 2.45) is 0 Å². The van der Waals surface area contributed by atoms with Crippen molar-refractivity contribution in [2.45, 2.75) is 19.4 Å². The lowest BCUT2D eigenvalue weighted by molar-refractivity contribution is 0.128. The van der Waals surface area contributed by atoms with Crippen LogP contribution < -0.4 is 5.32 Å². The number of benzene rings is 1. The smallest absolute Gasteiger partial charge is 0.0914 e. The molecule has 1 atom stereocenters. The van der Waals surface area contributed by atoms with Gasteiger partial charge in [0.15, 0.2) is 0 Å². The molecule has 0 saturated carbocycles. The van der Waals surface area contributed by atoms with Crippen LogP contribution in [0.4, 0.5) is 0 Å². The van der Waals surface area contributed by atoms with Crippen molar-refractivity contribution >= 4 is 0 Å². The van der Waals surface area contributed by atoms with Gasteiger partial charge in [-0.1, -0.05) is 37.3 Å². The summed E-state index contributed by atoms with van der Waals surface area (Å²) in [6.07, 6.45) is 0.611. The standard InChI is InChI=1S/C13H21NO2/c1-2-9-16-10-8-14-11-13(15)12-6-4-3-5-7-12/h3-7,13-15H,2,8-11H2,1H3. The molecular formula is C13H21NO2. The van der Waals surface area contributed by atoms with Crippen molar-refractivity contribution in [3.05, 3.63) is 35.9 Å². The molecule has 1 aromatic rings. The van der Waals surface area contributed by atoms with Crippen molar-refractivity contribution in [1.29, 1.82) is 0 Å². The summed E-state index contributed by atoms with van der Waals surface area (Å²) in [6.45, 7) is 4.95. The largest absolute Gasteiger partial charge is 0.387 e. The molecule has 90 valence electrons. The Bertz CT molecular complexity index is 264. The van der Waals surface area contributed by atoms with E-state index in [0.29, 0.717) is 13.2 Å². The Morgan fingerprint density at radius 1 is 1.25 bits per heavy atom. The normalized spacial score (nSPS) is 12.6. The lowest BCUT2D eigenvalue weighted by atomic mass is 10.1. The molecule has 2 N–H and O–H groups in total. The summed E-state index contributed by atoms with van der Waals surface area (Å²) >= 11 is 0. The Morgan fingerprint density at radius 3 is 2.69 bits per heavy atom. The third kappa shape index (κ3) is 5.26. The number of hydrogen-bond acceptors (Lipinski definition) is 3. The van der Waals surface area contributed by atoms with Gasteiger partial charge in [-0.05, 0) is 12.0 Å². The highest BCUT2D eigenvalue weighted by molar-refractivity contribution is 5.17. The van der Waals surface area contributed by atoms with E-state index in [0.717, 1.165) is 25.1 Å². The second-order valence-electron chi connectivity index (χ2n) is 3.74. The molecular weight excluding hydrogens is 202 g/mol. The van der Waals surface area contributed by atoms with Gasteiger partial charge in [-0.25, -0.2) is 0 Å². The van der Waals surface area contributed by atoms with E-state index in [1.54, 1.807) is 0 Å².